The van der Waals surface area contributed by atoms with Gasteiger partial charge in [-0.2, -0.15) is 8.42 Å². The summed E-state index contributed by atoms with van der Waals surface area (Å²) < 4.78 is 31.3. The van der Waals surface area contributed by atoms with Crippen LogP contribution in [0.5, 0.6) is 0 Å². The van der Waals surface area contributed by atoms with E-state index in [1.54, 1.807) is 24.3 Å². The van der Waals surface area contributed by atoms with E-state index in [0.717, 1.165) is 0 Å². The normalized spacial score (nSPS) is 23.4. The molecule has 0 heterocycles. The third-order valence-corrected chi connectivity index (χ3v) is 3.74. The molecular weight excluding hydrogens is 239 g/mol. The molecule has 0 spiro atoms. The van der Waals surface area contributed by atoms with Gasteiger partial charge in [0.05, 0.1) is 0 Å². The van der Waals surface area contributed by atoms with E-state index in [-0.39, 0.29) is 41.5 Å². The number of fused-ring (bicyclic) bond motifs is 1. The predicted octanol–water partition coefficient (Wildman–Crippen LogP) is 0.488. The number of rotatable bonds is 1. The fraction of sp³-hybridized carbons (Fsp3) is 0.200. The van der Waals surface area contributed by atoms with Crippen LogP contribution in [0.1, 0.15) is 17.5 Å². The van der Waals surface area contributed by atoms with Gasteiger partial charge < -0.3 is 5.11 Å². The third-order valence-electron chi connectivity index (χ3n) is 2.50. The summed E-state index contributed by atoms with van der Waals surface area (Å²) in [4.78, 5) is -2.21. The first-order chi connectivity index (χ1) is 6.95. The van der Waals surface area contributed by atoms with Gasteiger partial charge in [-0.3, -0.25) is 4.55 Å². The zero-order valence-corrected chi connectivity index (χ0v) is 8.61. The summed E-state index contributed by atoms with van der Waals surface area (Å²) in [5, 5.41) is 9.97. The molecule has 2 N–H and O–H groups in total. The van der Waals surface area contributed by atoms with E-state index in [1.165, 1.54) is 12.1 Å². The van der Waals surface area contributed by atoms with Crippen LogP contribution in [0.2, 0.25) is 0 Å². The zero-order chi connectivity index (χ0) is 11.1. The molecule has 0 aliphatic heterocycles. The second kappa shape index (κ2) is 4.60. The van der Waals surface area contributed by atoms with Crippen molar-refractivity contribution in [3.05, 3.63) is 41.5 Å². The Morgan fingerprint density at radius 3 is 2.50 bits per heavy atom. The van der Waals surface area contributed by atoms with Crippen LogP contribution in [0.4, 0.5) is 0 Å². The Bertz CT molecular complexity index is 523. The van der Waals surface area contributed by atoms with E-state index in [4.69, 9.17) is 4.55 Å². The number of benzene rings is 1. The van der Waals surface area contributed by atoms with Crippen molar-refractivity contribution < 1.29 is 18.1 Å². The summed E-state index contributed by atoms with van der Waals surface area (Å²) in [6, 6.07) is 6.53. The zero-order valence-electron chi connectivity index (χ0n) is 7.79. The molecule has 6 heteroatoms. The Morgan fingerprint density at radius 1 is 1.25 bits per heavy atom. The topological polar surface area (TPSA) is 74.6 Å². The van der Waals surface area contributed by atoms with E-state index in [2.05, 4.69) is 0 Å². The second-order valence-electron chi connectivity index (χ2n) is 3.45. The molecule has 0 amide bonds. The molecule has 82 valence electrons. The van der Waals surface area contributed by atoms with Gasteiger partial charge in [0, 0.05) is 12.0 Å². The van der Waals surface area contributed by atoms with Crippen LogP contribution < -0.4 is 0 Å². The summed E-state index contributed by atoms with van der Waals surface area (Å²) in [5.74, 6) is 0. The van der Waals surface area contributed by atoms with E-state index in [0.29, 0.717) is 5.56 Å². The molecule has 1 aromatic rings. The first-order valence-corrected chi connectivity index (χ1v) is 5.84. The first-order valence-electron chi connectivity index (χ1n) is 4.40. The molecule has 0 bridgehead atoms. The van der Waals surface area contributed by atoms with Crippen molar-refractivity contribution in [2.75, 3.05) is 0 Å². The standard InChI is InChI=1S/C10H10O4S.Na.H/c11-10(15(12,13)14)7-3-5-8-4-1-2-6-9(8)10;;/h1-6,11H,7H2,(H,12,13,14);;. The average Bonchev–Trinajstić information content (AvgIpc) is 2.17. The molecule has 2 rings (SSSR count). The first kappa shape index (κ1) is 13.9. The van der Waals surface area contributed by atoms with Gasteiger partial charge in [-0.05, 0) is 5.56 Å². The van der Waals surface area contributed by atoms with Gasteiger partial charge in [0.25, 0.3) is 10.1 Å². The minimum absolute atomic E-state index is 0. The second-order valence-corrected chi connectivity index (χ2v) is 5.08. The van der Waals surface area contributed by atoms with Gasteiger partial charge in [0.2, 0.25) is 4.93 Å². The van der Waals surface area contributed by atoms with Crippen LogP contribution in [0.15, 0.2) is 30.3 Å². The molecule has 16 heavy (non-hydrogen) atoms. The Kier molecular flexibility index (Phi) is 3.99. The summed E-state index contributed by atoms with van der Waals surface area (Å²) in [6.45, 7) is 0. The van der Waals surface area contributed by atoms with E-state index < -0.39 is 15.1 Å². The van der Waals surface area contributed by atoms with Crippen molar-refractivity contribution in [2.24, 2.45) is 0 Å². The van der Waals surface area contributed by atoms with Crippen LogP contribution in [-0.2, 0) is 15.1 Å². The van der Waals surface area contributed by atoms with Gasteiger partial charge in [-0.1, -0.05) is 36.4 Å². The maximum atomic E-state index is 11.1. The molecule has 1 aliphatic rings. The Balaban J connectivity index is 0.00000128. The number of hydrogen-bond acceptors (Lipinski definition) is 3. The van der Waals surface area contributed by atoms with Crippen molar-refractivity contribution in [1.82, 2.24) is 0 Å². The molecule has 0 saturated heterocycles. The molecule has 1 atom stereocenters. The molecule has 4 nitrogen and oxygen atoms in total. The third kappa shape index (κ3) is 2.11. The molecule has 1 aliphatic carbocycles. The molecule has 0 aromatic heterocycles. The van der Waals surface area contributed by atoms with Crippen LogP contribution >= 0.6 is 0 Å². The van der Waals surface area contributed by atoms with Crippen molar-refractivity contribution >= 4 is 45.8 Å². The Hall–Kier alpha value is -0.170. The van der Waals surface area contributed by atoms with Gasteiger partial charge in [0.15, 0.2) is 0 Å². The monoisotopic (exact) mass is 250 g/mol. The van der Waals surface area contributed by atoms with Crippen molar-refractivity contribution in [3.8, 4) is 0 Å². The summed E-state index contributed by atoms with van der Waals surface area (Å²) in [5.41, 5.74) is 0.818. The Morgan fingerprint density at radius 2 is 1.88 bits per heavy atom. The number of aliphatic hydroxyl groups is 1. The molecule has 0 fully saturated rings. The van der Waals surface area contributed by atoms with Crippen LogP contribution in [-0.4, -0.2) is 47.6 Å². The van der Waals surface area contributed by atoms with Crippen LogP contribution in [0, 0.1) is 0 Å². The predicted molar refractivity (Wildman–Crippen MR) is 62.7 cm³/mol. The molecule has 1 unspecified atom stereocenters. The molecule has 1 aromatic carbocycles. The van der Waals surface area contributed by atoms with Gasteiger partial charge in [-0.15, -0.1) is 0 Å². The molecule has 0 radical (unpaired) electrons. The van der Waals surface area contributed by atoms with Crippen molar-refractivity contribution in [1.29, 1.82) is 0 Å². The summed E-state index contributed by atoms with van der Waals surface area (Å²) in [6.07, 6.45) is 3.11. The van der Waals surface area contributed by atoms with Crippen molar-refractivity contribution in [3.63, 3.8) is 0 Å². The fourth-order valence-corrected chi connectivity index (χ4v) is 2.47. The summed E-state index contributed by atoms with van der Waals surface area (Å²) >= 11 is 0. The molecular formula is C10H11NaO4S. The van der Waals surface area contributed by atoms with Crippen LogP contribution in [0.25, 0.3) is 6.08 Å². The SMILES string of the molecule is O=S(=O)(O)C1(O)CC=Cc2ccccc21.[NaH]. The van der Waals surface area contributed by atoms with Crippen LogP contribution in [0.3, 0.4) is 0 Å². The summed E-state index contributed by atoms with van der Waals surface area (Å²) in [7, 11) is -4.53. The minimum atomic E-state index is -4.53. The average molecular weight is 250 g/mol. The Labute approximate surface area is 116 Å². The quantitative estimate of drug-likeness (QED) is 0.562. The molecule has 0 saturated carbocycles. The maximum absolute atomic E-state index is 11.1. The van der Waals surface area contributed by atoms with E-state index >= 15 is 0 Å². The van der Waals surface area contributed by atoms with Gasteiger partial charge in [-0.25, -0.2) is 0 Å². The number of hydrogen-bond donors (Lipinski definition) is 2. The van der Waals surface area contributed by atoms with Crippen molar-refractivity contribution in [2.45, 2.75) is 11.4 Å². The van der Waals surface area contributed by atoms with E-state index in [9.17, 15) is 13.5 Å². The van der Waals surface area contributed by atoms with Gasteiger partial charge in [0.1, 0.15) is 0 Å². The fourth-order valence-electron chi connectivity index (χ4n) is 1.70. The van der Waals surface area contributed by atoms with Gasteiger partial charge >= 0.3 is 29.6 Å². The van der Waals surface area contributed by atoms with E-state index in [1.807, 2.05) is 0 Å².